The number of aliphatic imine (C=N–C) groups is 1. The van der Waals surface area contributed by atoms with Gasteiger partial charge in [0, 0.05) is 5.56 Å². The van der Waals surface area contributed by atoms with E-state index in [1.165, 1.54) is 16.8 Å². The van der Waals surface area contributed by atoms with Gasteiger partial charge in [0.15, 0.2) is 17.3 Å². The van der Waals surface area contributed by atoms with E-state index in [1.807, 2.05) is 66.7 Å². The van der Waals surface area contributed by atoms with Crippen LogP contribution in [0.25, 0.3) is 6.08 Å². The number of benzene rings is 3. The van der Waals surface area contributed by atoms with E-state index < -0.39 is 5.91 Å². The number of ether oxygens (including phenoxy) is 3. The van der Waals surface area contributed by atoms with Crippen molar-refractivity contribution in [2.24, 2.45) is 10.1 Å². The van der Waals surface area contributed by atoms with Gasteiger partial charge >= 0.3 is 0 Å². The standard InChI is InChI=1S/C27H22N4O4S/c1-33-22-9-5-6-10-23(22)35-16-15-34-20-13-11-18(12-14-20)17-21-24(28)31-27(29-25(21)32)36-26(30-31)19-7-3-2-4-8-19/h2-14,17,28H,15-16H2,1H3/b21-17+,28-24?. The molecule has 0 saturated heterocycles. The van der Waals surface area contributed by atoms with Gasteiger partial charge in [-0.3, -0.25) is 10.2 Å². The second-order valence-corrected chi connectivity index (χ2v) is 8.66. The number of para-hydroxylation sites is 2. The van der Waals surface area contributed by atoms with Crippen LogP contribution in [0.4, 0.5) is 0 Å². The number of nitrogens with zero attached hydrogens (tertiary/aromatic N) is 3. The molecule has 8 nitrogen and oxygen atoms in total. The lowest BCUT2D eigenvalue weighted by molar-refractivity contribution is -0.114. The number of amides is 1. The van der Waals surface area contributed by atoms with E-state index in [4.69, 9.17) is 19.6 Å². The first-order valence-electron chi connectivity index (χ1n) is 11.2. The number of carbonyl (C=O) groups excluding carboxylic acids is 1. The van der Waals surface area contributed by atoms with Gasteiger partial charge in [-0.05, 0) is 47.7 Å². The highest BCUT2D eigenvalue weighted by atomic mass is 32.2. The number of fused-ring (bicyclic) bond motifs is 1. The number of nitrogens with one attached hydrogen (secondary N) is 1. The number of thioether (sulfide) groups is 1. The van der Waals surface area contributed by atoms with E-state index in [0.29, 0.717) is 40.7 Å². The van der Waals surface area contributed by atoms with E-state index in [1.54, 1.807) is 25.3 Å². The Hall–Kier alpha value is -4.37. The number of carbonyl (C=O) groups is 1. The molecule has 36 heavy (non-hydrogen) atoms. The minimum absolute atomic E-state index is 0.00255. The molecular formula is C27H22N4O4S. The van der Waals surface area contributed by atoms with Crippen molar-refractivity contribution >= 4 is 39.8 Å². The SMILES string of the molecule is COc1ccccc1OCCOc1ccc(/C=C2\C(=N)N3N=C(c4ccccc4)SC3=NC2=O)cc1. The maximum absolute atomic E-state index is 12.7. The van der Waals surface area contributed by atoms with Crippen molar-refractivity contribution in [3.05, 3.63) is 95.6 Å². The van der Waals surface area contributed by atoms with Crippen molar-refractivity contribution in [3.63, 3.8) is 0 Å². The third kappa shape index (κ3) is 5.01. The van der Waals surface area contributed by atoms with Crippen molar-refractivity contribution in [2.45, 2.75) is 0 Å². The fourth-order valence-electron chi connectivity index (χ4n) is 3.57. The molecule has 0 aromatic heterocycles. The van der Waals surface area contributed by atoms with E-state index >= 15 is 0 Å². The first kappa shape index (κ1) is 23.4. The third-order valence-electron chi connectivity index (χ3n) is 5.35. The molecule has 1 N–H and O–H groups in total. The van der Waals surface area contributed by atoms with E-state index in [-0.39, 0.29) is 11.4 Å². The molecule has 0 fully saturated rings. The van der Waals surface area contributed by atoms with Gasteiger partial charge in [0.25, 0.3) is 5.91 Å². The summed E-state index contributed by atoms with van der Waals surface area (Å²) in [6.45, 7) is 0.713. The molecule has 0 saturated carbocycles. The number of hydrogen-bond acceptors (Lipinski definition) is 7. The minimum Gasteiger partial charge on any atom is -0.493 e. The van der Waals surface area contributed by atoms with Crippen molar-refractivity contribution in [1.82, 2.24) is 5.01 Å². The monoisotopic (exact) mass is 498 g/mol. The van der Waals surface area contributed by atoms with Crippen LogP contribution < -0.4 is 14.2 Å². The topological polar surface area (TPSA) is 96.6 Å². The molecule has 9 heteroatoms. The highest BCUT2D eigenvalue weighted by Crippen LogP contribution is 2.31. The van der Waals surface area contributed by atoms with Crippen LogP contribution >= 0.6 is 11.8 Å². The molecule has 0 spiro atoms. The van der Waals surface area contributed by atoms with Crippen molar-refractivity contribution in [1.29, 1.82) is 5.41 Å². The number of hydrazone groups is 1. The maximum atomic E-state index is 12.7. The average molecular weight is 499 g/mol. The summed E-state index contributed by atoms with van der Waals surface area (Å²) in [4.78, 5) is 16.8. The normalized spacial score (nSPS) is 15.9. The Morgan fingerprint density at radius 3 is 2.36 bits per heavy atom. The third-order valence-corrected chi connectivity index (χ3v) is 6.30. The summed E-state index contributed by atoms with van der Waals surface area (Å²) in [6.07, 6.45) is 1.64. The van der Waals surface area contributed by atoms with Gasteiger partial charge in [-0.15, -0.1) is 0 Å². The Balaban J connectivity index is 1.22. The lowest BCUT2D eigenvalue weighted by Gasteiger charge is -2.20. The van der Waals surface area contributed by atoms with Crippen LogP contribution in [0.2, 0.25) is 0 Å². The lowest BCUT2D eigenvalue weighted by atomic mass is 10.1. The molecular weight excluding hydrogens is 476 g/mol. The van der Waals surface area contributed by atoms with Crippen molar-refractivity contribution in [3.8, 4) is 17.2 Å². The van der Waals surface area contributed by atoms with Gasteiger partial charge in [0.05, 0.1) is 12.7 Å². The molecule has 3 aromatic carbocycles. The van der Waals surface area contributed by atoms with Gasteiger partial charge in [0.1, 0.15) is 24.0 Å². The van der Waals surface area contributed by atoms with Crippen molar-refractivity contribution in [2.75, 3.05) is 20.3 Å². The van der Waals surface area contributed by atoms with Crippen LogP contribution in [0.15, 0.2) is 94.5 Å². The van der Waals surface area contributed by atoms with Crippen LogP contribution in [-0.2, 0) is 4.79 Å². The summed E-state index contributed by atoms with van der Waals surface area (Å²) < 4.78 is 16.7. The molecule has 0 radical (unpaired) electrons. The molecule has 2 aliphatic rings. The van der Waals surface area contributed by atoms with Crippen LogP contribution in [0.5, 0.6) is 17.2 Å². The Morgan fingerprint density at radius 2 is 1.61 bits per heavy atom. The van der Waals surface area contributed by atoms with Gasteiger partial charge in [-0.1, -0.05) is 54.6 Å². The second kappa shape index (κ2) is 10.5. The first-order valence-corrected chi connectivity index (χ1v) is 12.0. The van der Waals surface area contributed by atoms with Crippen LogP contribution in [-0.4, -0.2) is 47.3 Å². The van der Waals surface area contributed by atoms with Gasteiger partial charge in [-0.25, -0.2) is 0 Å². The molecule has 180 valence electrons. The largest absolute Gasteiger partial charge is 0.493 e. The zero-order valence-corrected chi connectivity index (χ0v) is 20.2. The quantitative estimate of drug-likeness (QED) is 0.353. The fourth-order valence-corrected chi connectivity index (χ4v) is 4.46. The van der Waals surface area contributed by atoms with E-state index in [2.05, 4.69) is 10.1 Å². The highest BCUT2D eigenvalue weighted by molar-refractivity contribution is 8.27. The summed E-state index contributed by atoms with van der Waals surface area (Å²) in [5.74, 6) is 1.53. The maximum Gasteiger partial charge on any atom is 0.283 e. The number of rotatable bonds is 8. The fraction of sp³-hybridized carbons (Fsp3) is 0.111. The van der Waals surface area contributed by atoms with Gasteiger partial charge in [-0.2, -0.15) is 15.1 Å². The van der Waals surface area contributed by atoms with Gasteiger partial charge in [0.2, 0.25) is 5.17 Å². The predicted octanol–water partition coefficient (Wildman–Crippen LogP) is 4.82. The highest BCUT2D eigenvalue weighted by Gasteiger charge is 2.35. The lowest BCUT2D eigenvalue weighted by Crippen LogP contribution is -2.35. The van der Waals surface area contributed by atoms with Crippen molar-refractivity contribution < 1.29 is 19.0 Å². The molecule has 0 bridgehead atoms. The van der Waals surface area contributed by atoms with Gasteiger partial charge < -0.3 is 14.2 Å². The number of amidine groups is 2. The summed E-state index contributed by atoms with van der Waals surface area (Å²) in [7, 11) is 1.60. The van der Waals surface area contributed by atoms with E-state index in [0.717, 1.165) is 11.1 Å². The van der Waals surface area contributed by atoms with Crippen LogP contribution in [0, 0.1) is 5.41 Å². The minimum atomic E-state index is -0.461. The molecule has 5 rings (SSSR count). The zero-order valence-electron chi connectivity index (χ0n) is 19.4. The number of methoxy groups -OCH3 is 1. The average Bonchev–Trinajstić information content (AvgIpc) is 3.35. The molecule has 2 aliphatic heterocycles. The zero-order chi connectivity index (χ0) is 24.9. The molecule has 2 heterocycles. The molecule has 0 atom stereocenters. The molecule has 3 aromatic rings. The summed E-state index contributed by atoms with van der Waals surface area (Å²) in [6, 6.07) is 24.3. The Bertz CT molecular complexity index is 1380. The molecule has 0 aliphatic carbocycles. The van der Waals surface area contributed by atoms with Crippen LogP contribution in [0.1, 0.15) is 11.1 Å². The summed E-state index contributed by atoms with van der Waals surface area (Å²) >= 11 is 1.28. The first-order chi connectivity index (χ1) is 17.6. The number of hydrogen-bond donors (Lipinski definition) is 1. The Kier molecular flexibility index (Phi) is 6.81. The predicted molar refractivity (Wildman–Crippen MR) is 141 cm³/mol. The molecule has 0 unspecified atom stereocenters. The van der Waals surface area contributed by atoms with E-state index in [9.17, 15) is 4.79 Å². The molecule has 1 amide bonds. The Morgan fingerprint density at radius 1 is 0.917 bits per heavy atom. The Labute approximate surface area is 212 Å². The van der Waals surface area contributed by atoms with Crippen LogP contribution in [0.3, 0.4) is 0 Å². The summed E-state index contributed by atoms with van der Waals surface area (Å²) in [5.41, 5.74) is 1.84. The summed E-state index contributed by atoms with van der Waals surface area (Å²) in [5, 5.41) is 15.5. The second-order valence-electron chi connectivity index (χ2n) is 7.71. The smallest absolute Gasteiger partial charge is 0.283 e.